The minimum absolute atomic E-state index is 0.0413. The number of hydrogen-bond acceptors (Lipinski definition) is 7. The molecule has 0 aliphatic carbocycles. The first-order chi connectivity index (χ1) is 10.2. The molecule has 0 heterocycles. The van der Waals surface area contributed by atoms with E-state index in [0.29, 0.717) is 39.6 Å². The van der Waals surface area contributed by atoms with Crippen molar-refractivity contribution in [2.75, 3.05) is 64.4 Å². The van der Waals surface area contributed by atoms with Gasteiger partial charge in [-0.05, 0) is 24.3 Å². The van der Waals surface area contributed by atoms with Crippen LogP contribution in [0, 0.1) is 0 Å². The fraction of sp³-hybridized carbons (Fsp3) is 1.00. The van der Waals surface area contributed by atoms with Gasteiger partial charge in [-0.15, -0.1) is 0 Å². The van der Waals surface area contributed by atoms with Crippen LogP contribution in [-0.4, -0.2) is 74.6 Å². The van der Waals surface area contributed by atoms with Gasteiger partial charge in [0, 0.05) is 0 Å². The lowest BCUT2D eigenvalue weighted by molar-refractivity contribution is 0.00230. The number of rotatable bonds is 12. The summed E-state index contributed by atoms with van der Waals surface area (Å²) in [5.74, 6) is 2.03. The molecule has 2 N–H and O–H groups in total. The average Bonchev–Trinajstić information content (AvgIpc) is 2.54. The molecule has 0 aliphatic rings. The molecular formula is C14H34O5S2. The van der Waals surface area contributed by atoms with E-state index in [4.69, 9.17) is 24.4 Å². The lowest BCUT2D eigenvalue weighted by atomic mass is 10.6. The molecule has 0 saturated heterocycles. The van der Waals surface area contributed by atoms with Crippen molar-refractivity contribution in [3.63, 3.8) is 0 Å². The number of thiol groups is 2. The maximum Gasteiger partial charge on any atom is 0.0701 e. The van der Waals surface area contributed by atoms with Crippen LogP contribution in [-0.2, 0) is 14.2 Å². The minimum atomic E-state index is 0.0413. The first kappa shape index (κ1) is 26.4. The van der Waals surface area contributed by atoms with Gasteiger partial charge in [-0.2, -0.15) is 25.3 Å². The second-order valence-electron chi connectivity index (χ2n) is 3.73. The van der Waals surface area contributed by atoms with Gasteiger partial charge in [-0.1, -0.05) is 13.8 Å². The fourth-order valence-electron chi connectivity index (χ4n) is 0.671. The van der Waals surface area contributed by atoms with Crippen LogP contribution in [0.2, 0.25) is 0 Å². The molecule has 0 aromatic carbocycles. The van der Waals surface area contributed by atoms with Gasteiger partial charge in [0.15, 0.2) is 0 Å². The molecule has 0 rings (SSSR count). The first-order valence-corrected chi connectivity index (χ1v) is 8.68. The van der Waals surface area contributed by atoms with Gasteiger partial charge in [0.25, 0.3) is 0 Å². The monoisotopic (exact) mass is 346 g/mol. The maximum atomic E-state index is 8.36. The summed E-state index contributed by atoms with van der Waals surface area (Å²) in [6.45, 7) is 6.97. The Labute approximate surface area is 141 Å². The number of aliphatic hydroxyl groups is 2. The maximum absolute atomic E-state index is 8.36. The Morgan fingerprint density at radius 2 is 0.857 bits per heavy atom. The fourth-order valence-corrected chi connectivity index (χ4v) is 0.671. The third kappa shape index (κ3) is 44.9. The van der Waals surface area contributed by atoms with Crippen molar-refractivity contribution < 1.29 is 24.4 Å². The van der Waals surface area contributed by atoms with Crippen LogP contribution in [0.25, 0.3) is 0 Å². The Hall–Kier alpha value is 0.500. The predicted octanol–water partition coefficient (Wildman–Crippen LogP) is 1.67. The van der Waals surface area contributed by atoms with Crippen molar-refractivity contribution in [3.05, 3.63) is 0 Å². The lowest BCUT2D eigenvalue weighted by Crippen LogP contribution is -2.11. The number of aliphatic hydroxyl groups excluding tert-OH is 2. The van der Waals surface area contributed by atoms with Crippen LogP contribution >= 0.6 is 25.3 Å². The highest BCUT2D eigenvalue weighted by Crippen LogP contribution is 1.80. The van der Waals surface area contributed by atoms with Crippen LogP contribution in [0.4, 0.5) is 0 Å². The molecule has 21 heavy (non-hydrogen) atoms. The molecule has 7 heteroatoms. The summed E-state index contributed by atoms with van der Waals surface area (Å²) >= 11 is 7.84. The minimum Gasteiger partial charge on any atom is -0.394 e. The van der Waals surface area contributed by atoms with Crippen molar-refractivity contribution in [1.29, 1.82) is 0 Å². The number of hydrogen-bond donors (Lipinski definition) is 4. The van der Waals surface area contributed by atoms with E-state index in [0.717, 1.165) is 11.5 Å². The van der Waals surface area contributed by atoms with E-state index < -0.39 is 0 Å². The third-order valence-corrected chi connectivity index (χ3v) is 2.56. The predicted molar refractivity (Wildman–Crippen MR) is 94.9 cm³/mol. The van der Waals surface area contributed by atoms with Crippen molar-refractivity contribution in [3.8, 4) is 0 Å². The highest BCUT2D eigenvalue weighted by Gasteiger charge is 1.89. The highest BCUT2D eigenvalue weighted by molar-refractivity contribution is 7.80. The summed E-state index contributed by atoms with van der Waals surface area (Å²) in [7, 11) is 0. The van der Waals surface area contributed by atoms with Crippen LogP contribution in [0.1, 0.15) is 26.7 Å². The summed E-state index contributed by atoms with van der Waals surface area (Å²) < 4.78 is 15.0. The Morgan fingerprint density at radius 1 is 0.619 bits per heavy atom. The average molecular weight is 347 g/mol. The second-order valence-corrected chi connectivity index (χ2v) is 4.63. The van der Waals surface area contributed by atoms with Crippen molar-refractivity contribution in [1.82, 2.24) is 0 Å². The largest absolute Gasteiger partial charge is 0.394 e. The van der Waals surface area contributed by atoms with Gasteiger partial charge in [0.2, 0.25) is 0 Å². The molecule has 0 amide bonds. The molecule has 132 valence electrons. The Kier molecular flexibility index (Phi) is 40.8. The van der Waals surface area contributed by atoms with E-state index in [-0.39, 0.29) is 13.2 Å². The Balaban J connectivity index is -0.000000334. The van der Waals surface area contributed by atoms with Crippen LogP contribution < -0.4 is 0 Å². The molecular weight excluding hydrogens is 312 g/mol. The zero-order valence-electron chi connectivity index (χ0n) is 13.5. The van der Waals surface area contributed by atoms with Crippen LogP contribution in [0.3, 0.4) is 0 Å². The molecule has 5 nitrogen and oxygen atoms in total. The third-order valence-electron chi connectivity index (χ3n) is 1.66. The first-order valence-electron chi connectivity index (χ1n) is 7.41. The highest BCUT2D eigenvalue weighted by atomic mass is 32.1. The molecule has 0 bridgehead atoms. The zero-order valence-corrected chi connectivity index (χ0v) is 15.3. The number of ether oxygens (including phenoxy) is 3. The molecule has 0 atom stereocenters. The quantitative estimate of drug-likeness (QED) is 0.320. The molecule has 0 aliphatic heterocycles. The van der Waals surface area contributed by atoms with Gasteiger partial charge in [0.1, 0.15) is 0 Å². The SMILES string of the molecule is CCCS.CCCS.OCCOCCOCCOCCO. The summed E-state index contributed by atoms with van der Waals surface area (Å²) in [5.41, 5.74) is 0. The zero-order chi connectivity index (χ0) is 16.6. The van der Waals surface area contributed by atoms with Crippen molar-refractivity contribution in [2.45, 2.75) is 26.7 Å². The summed E-state index contributed by atoms with van der Waals surface area (Å²) in [6, 6.07) is 0. The molecule has 0 spiro atoms. The second kappa shape index (κ2) is 32.4. The Morgan fingerprint density at radius 3 is 1.05 bits per heavy atom. The van der Waals surface area contributed by atoms with E-state index in [2.05, 4.69) is 39.1 Å². The van der Waals surface area contributed by atoms with Crippen molar-refractivity contribution in [2.24, 2.45) is 0 Å². The molecule has 0 unspecified atom stereocenters. The standard InChI is InChI=1S/C8H18O5.2C3H8S/c9-1-3-11-5-7-13-8-6-12-4-2-10;2*1-2-3-4/h9-10H,1-8H2;2*4H,2-3H2,1H3. The van der Waals surface area contributed by atoms with Gasteiger partial charge in [-0.25, -0.2) is 0 Å². The van der Waals surface area contributed by atoms with Crippen molar-refractivity contribution >= 4 is 25.3 Å². The smallest absolute Gasteiger partial charge is 0.0701 e. The lowest BCUT2D eigenvalue weighted by Gasteiger charge is -2.04. The van der Waals surface area contributed by atoms with E-state index in [1.54, 1.807) is 0 Å². The van der Waals surface area contributed by atoms with E-state index >= 15 is 0 Å². The molecule has 0 radical (unpaired) electrons. The molecule has 0 fully saturated rings. The van der Waals surface area contributed by atoms with Gasteiger partial charge in [-0.3, -0.25) is 0 Å². The van der Waals surface area contributed by atoms with E-state index in [1.807, 2.05) is 0 Å². The van der Waals surface area contributed by atoms with Crippen LogP contribution in [0.5, 0.6) is 0 Å². The van der Waals surface area contributed by atoms with E-state index in [9.17, 15) is 0 Å². The normalized spacial score (nSPS) is 9.43. The molecule has 0 saturated carbocycles. The van der Waals surface area contributed by atoms with Crippen LogP contribution in [0.15, 0.2) is 0 Å². The molecule has 0 aromatic heterocycles. The van der Waals surface area contributed by atoms with Gasteiger partial charge in [0.05, 0.1) is 52.9 Å². The van der Waals surface area contributed by atoms with E-state index in [1.165, 1.54) is 12.8 Å². The summed E-state index contributed by atoms with van der Waals surface area (Å²) in [5, 5.41) is 16.7. The van der Waals surface area contributed by atoms with Gasteiger partial charge < -0.3 is 24.4 Å². The van der Waals surface area contributed by atoms with Gasteiger partial charge >= 0.3 is 0 Å². The Bertz CT molecular complexity index is 125. The topological polar surface area (TPSA) is 68.2 Å². The summed E-state index contributed by atoms with van der Waals surface area (Å²) in [4.78, 5) is 0. The molecule has 0 aromatic rings. The summed E-state index contributed by atoms with van der Waals surface area (Å²) in [6.07, 6.45) is 2.37.